The first kappa shape index (κ1) is 23.1. The van der Waals surface area contributed by atoms with Crippen molar-refractivity contribution in [1.82, 2.24) is 5.43 Å². The molecule has 6 heteroatoms. The first-order chi connectivity index (χ1) is 14.0. The molecule has 0 saturated carbocycles. The summed E-state index contributed by atoms with van der Waals surface area (Å²) in [4.78, 5) is 22.6. The highest BCUT2D eigenvalue weighted by Gasteiger charge is 2.27. The second-order valence-electron chi connectivity index (χ2n) is 9.14. The lowest BCUT2D eigenvalue weighted by molar-refractivity contribution is -0.255. The lowest BCUT2D eigenvalue weighted by atomic mass is 9.72. The molecule has 0 aliphatic carbocycles. The maximum absolute atomic E-state index is 11.9. The molecule has 1 N–H and O–H groups in total. The molecule has 0 spiro atoms. The minimum Gasteiger partial charge on any atom is -0.545 e. The Labute approximate surface area is 178 Å². The van der Waals surface area contributed by atoms with E-state index in [4.69, 9.17) is 4.74 Å². The molecular weight excluding hydrogens is 380 g/mol. The molecule has 6 nitrogen and oxygen atoms in total. The lowest BCUT2D eigenvalue weighted by Gasteiger charge is -2.33. The first-order valence-corrected chi connectivity index (χ1v) is 9.83. The largest absolute Gasteiger partial charge is 0.545 e. The van der Waals surface area contributed by atoms with Crippen molar-refractivity contribution >= 4 is 18.1 Å². The quantitative estimate of drug-likeness (QED) is 0.535. The van der Waals surface area contributed by atoms with Crippen LogP contribution in [0.1, 0.15) is 62.5 Å². The number of nitrogens with zero attached hydrogens (tertiary/aromatic N) is 1. The number of hydrazone groups is 1. The summed E-state index contributed by atoms with van der Waals surface area (Å²) in [6.45, 7) is 11.0. The summed E-state index contributed by atoms with van der Waals surface area (Å²) in [7, 11) is 0. The summed E-state index contributed by atoms with van der Waals surface area (Å²) in [5.74, 6) is -1.02. The number of rotatable bonds is 8. The number of amides is 1. The summed E-state index contributed by atoms with van der Waals surface area (Å²) >= 11 is 0. The molecule has 0 aromatic heterocycles. The van der Waals surface area contributed by atoms with Gasteiger partial charge in [-0.1, -0.05) is 71.0 Å². The summed E-state index contributed by atoms with van der Waals surface area (Å²) in [5.41, 5.74) is 4.60. The van der Waals surface area contributed by atoms with Crippen molar-refractivity contribution in [3.8, 4) is 5.75 Å². The number of carboxylic acids is 1. The molecule has 160 valence electrons. The maximum Gasteiger partial charge on any atom is 0.277 e. The fourth-order valence-corrected chi connectivity index (χ4v) is 3.50. The van der Waals surface area contributed by atoms with Gasteiger partial charge in [-0.25, -0.2) is 5.43 Å². The fourth-order valence-electron chi connectivity index (χ4n) is 3.50. The number of ether oxygens (including phenoxy) is 1. The van der Waals surface area contributed by atoms with E-state index in [0.29, 0.717) is 11.3 Å². The van der Waals surface area contributed by atoms with Crippen LogP contribution in [-0.4, -0.2) is 24.7 Å². The summed E-state index contributed by atoms with van der Waals surface area (Å²) in [6.07, 6.45) is 2.47. The van der Waals surface area contributed by atoms with Gasteiger partial charge in [0.05, 0.1) is 12.2 Å². The van der Waals surface area contributed by atoms with Gasteiger partial charge in [-0.15, -0.1) is 0 Å². The molecule has 2 rings (SSSR count). The van der Waals surface area contributed by atoms with Gasteiger partial charge in [0, 0.05) is 0 Å². The van der Waals surface area contributed by atoms with Crippen LogP contribution >= 0.6 is 0 Å². The number of carbonyl (C=O) groups excluding carboxylic acids is 2. The zero-order chi connectivity index (χ0) is 22.4. The molecule has 0 atom stereocenters. The van der Waals surface area contributed by atoms with Crippen molar-refractivity contribution in [3.63, 3.8) is 0 Å². The average molecular weight is 410 g/mol. The number of hydrogen-bond acceptors (Lipinski definition) is 5. The molecule has 0 unspecified atom stereocenters. The third-order valence-corrected chi connectivity index (χ3v) is 4.53. The van der Waals surface area contributed by atoms with E-state index >= 15 is 0 Å². The molecule has 0 saturated heterocycles. The third kappa shape index (κ3) is 7.35. The van der Waals surface area contributed by atoms with Gasteiger partial charge in [0.2, 0.25) is 0 Å². The highest BCUT2D eigenvalue weighted by Crippen LogP contribution is 2.36. The predicted octanol–water partition coefficient (Wildman–Crippen LogP) is 3.29. The van der Waals surface area contributed by atoms with Crippen molar-refractivity contribution in [2.24, 2.45) is 10.5 Å². The Morgan fingerprint density at radius 3 is 2.13 bits per heavy atom. The minimum absolute atomic E-state index is 0.0437. The second kappa shape index (κ2) is 9.57. The predicted molar refractivity (Wildman–Crippen MR) is 116 cm³/mol. The van der Waals surface area contributed by atoms with E-state index in [9.17, 15) is 14.7 Å². The number of benzene rings is 2. The third-order valence-electron chi connectivity index (χ3n) is 4.53. The molecule has 0 bridgehead atoms. The van der Waals surface area contributed by atoms with Crippen molar-refractivity contribution in [1.29, 1.82) is 0 Å². The molecule has 0 fully saturated rings. The van der Waals surface area contributed by atoms with Gasteiger partial charge in [0.1, 0.15) is 5.75 Å². The van der Waals surface area contributed by atoms with Gasteiger partial charge in [0.15, 0.2) is 6.61 Å². The SMILES string of the molecule is CC(C)(C)CC(C)(C)c1ccc(OCC(=O)N/N=C\c2ccc(C(=O)[O-])cc2)cc1. The smallest absolute Gasteiger partial charge is 0.277 e. The van der Waals surface area contributed by atoms with E-state index < -0.39 is 11.9 Å². The van der Waals surface area contributed by atoms with Gasteiger partial charge in [-0.2, -0.15) is 5.10 Å². The first-order valence-electron chi connectivity index (χ1n) is 9.83. The number of carboxylic acid groups (broad SMARTS) is 1. The molecule has 0 aliphatic heterocycles. The van der Waals surface area contributed by atoms with Crippen LogP contribution < -0.4 is 15.3 Å². The molecule has 0 radical (unpaired) electrons. The standard InChI is InChI=1S/C24H30N2O4/c1-23(2,3)16-24(4,5)19-10-12-20(13-11-19)30-15-21(27)26-25-14-17-6-8-18(9-7-17)22(28)29/h6-14H,15-16H2,1-5H3,(H,26,27)(H,28,29)/p-1/b25-14-. The topological polar surface area (TPSA) is 90.8 Å². The van der Waals surface area contributed by atoms with Gasteiger partial charge in [-0.05, 0) is 46.1 Å². The highest BCUT2D eigenvalue weighted by atomic mass is 16.5. The van der Waals surface area contributed by atoms with Crippen LogP contribution in [0.25, 0.3) is 0 Å². The van der Waals surface area contributed by atoms with E-state index in [0.717, 1.165) is 6.42 Å². The molecule has 0 aliphatic rings. The Balaban J connectivity index is 1.83. The highest BCUT2D eigenvalue weighted by molar-refractivity contribution is 5.88. The van der Waals surface area contributed by atoms with Crippen LogP contribution in [0.4, 0.5) is 0 Å². The minimum atomic E-state index is -1.24. The molecule has 2 aromatic rings. The van der Waals surface area contributed by atoms with Crippen LogP contribution in [0.5, 0.6) is 5.75 Å². The summed E-state index contributed by atoms with van der Waals surface area (Å²) in [5, 5.41) is 14.6. The van der Waals surface area contributed by atoms with Crippen LogP contribution in [0.3, 0.4) is 0 Å². The molecular formula is C24H29N2O4-. The van der Waals surface area contributed by atoms with E-state index in [2.05, 4.69) is 45.1 Å². The van der Waals surface area contributed by atoms with Crippen LogP contribution in [0.15, 0.2) is 53.6 Å². The fraction of sp³-hybridized carbons (Fsp3) is 0.375. The van der Waals surface area contributed by atoms with Gasteiger partial charge < -0.3 is 14.6 Å². The number of carbonyl (C=O) groups is 2. The van der Waals surface area contributed by atoms with E-state index in [-0.39, 0.29) is 23.0 Å². The van der Waals surface area contributed by atoms with E-state index in [1.807, 2.05) is 24.3 Å². The van der Waals surface area contributed by atoms with Gasteiger partial charge in [0.25, 0.3) is 5.91 Å². The van der Waals surface area contributed by atoms with E-state index in [1.165, 1.54) is 23.9 Å². The van der Waals surface area contributed by atoms with Crippen LogP contribution in [0, 0.1) is 5.41 Å². The van der Waals surface area contributed by atoms with Crippen molar-refractivity contribution < 1.29 is 19.4 Å². The summed E-state index contributed by atoms with van der Waals surface area (Å²) < 4.78 is 5.52. The number of nitrogens with one attached hydrogen (secondary N) is 1. The Hall–Kier alpha value is -3.15. The average Bonchev–Trinajstić information content (AvgIpc) is 2.65. The van der Waals surface area contributed by atoms with E-state index in [1.54, 1.807) is 12.1 Å². The Kier molecular flexibility index (Phi) is 7.38. The maximum atomic E-state index is 11.9. The second-order valence-corrected chi connectivity index (χ2v) is 9.14. The van der Waals surface area contributed by atoms with Gasteiger partial charge >= 0.3 is 0 Å². The van der Waals surface area contributed by atoms with Gasteiger partial charge in [-0.3, -0.25) is 4.79 Å². The summed E-state index contributed by atoms with van der Waals surface area (Å²) in [6, 6.07) is 13.8. The normalized spacial score (nSPS) is 12.0. The van der Waals surface area contributed by atoms with Crippen LogP contribution in [0.2, 0.25) is 0 Å². The number of hydrogen-bond donors (Lipinski definition) is 1. The number of aromatic carboxylic acids is 1. The lowest BCUT2D eigenvalue weighted by Crippen LogP contribution is -2.25. The van der Waals surface area contributed by atoms with Crippen LogP contribution in [-0.2, 0) is 10.2 Å². The Bertz CT molecular complexity index is 892. The molecule has 0 heterocycles. The molecule has 30 heavy (non-hydrogen) atoms. The molecule has 2 aromatic carbocycles. The van der Waals surface area contributed by atoms with Crippen molar-refractivity contribution in [2.75, 3.05) is 6.61 Å². The Morgan fingerprint density at radius 2 is 1.60 bits per heavy atom. The molecule has 1 amide bonds. The van der Waals surface area contributed by atoms with Crippen molar-refractivity contribution in [2.45, 2.75) is 46.5 Å². The zero-order valence-corrected chi connectivity index (χ0v) is 18.2. The zero-order valence-electron chi connectivity index (χ0n) is 18.2. The van der Waals surface area contributed by atoms with Crippen molar-refractivity contribution in [3.05, 3.63) is 65.2 Å². The monoisotopic (exact) mass is 409 g/mol. The Morgan fingerprint density at radius 1 is 1.00 bits per heavy atom.